The topological polar surface area (TPSA) is 34.4 Å². The van der Waals surface area contributed by atoms with Gasteiger partial charge < -0.3 is 14.5 Å². The molecule has 0 saturated heterocycles. The van der Waals surface area contributed by atoms with Crippen molar-refractivity contribution in [1.82, 2.24) is 5.32 Å². The van der Waals surface area contributed by atoms with Gasteiger partial charge in [0.15, 0.2) is 0 Å². The highest BCUT2D eigenvalue weighted by atomic mass is 19.1. The molecule has 114 valence electrons. The van der Waals surface area contributed by atoms with E-state index in [-0.39, 0.29) is 5.82 Å². The number of ether oxygens (including phenoxy) is 1. The van der Waals surface area contributed by atoms with Crippen molar-refractivity contribution in [3.8, 4) is 5.75 Å². The summed E-state index contributed by atoms with van der Waals surface area (Å²) < 4.78 is 24.5. The van der Waals surface area contributed by atoms with E-state index in [2.05, 4.69) is 12.2 Å². The molecule has 3 nitrogen and oxygen atoms in total. The van der Waals surface area contributed by atoms with Crippen molar-refractivity contribution in [3.63, 3.8) is 0 Å². The molecule has 0 aliphatic heterocycles. The van der Waals surface area contributed by atoms with Gasteiger partial charge in [-0.3, -0.25) is 0 Å². The third kappa shape index (κ3) is 4.33. The molecule has 1 aromatic heterocycles. The maximum Gasteiger partial charge on any atom is 0.146 e. The Kier molecular flexibility index (Phi) is 5.39. The van der Waals surface area contributed by atoms with E-state index in [4.69, 9.17) is 9.15 Å². The van der Waals surface area contributed by atoms with Crippen molar-refractivity contribution in [2.75, 3.05) is 6.54 Å². The number of aryl methyl sites for hydroxylation is 2. The highest BCUT2D eigenvalue weighted by Gasteiger charge is 2.08. The summed E-state index contributed by atoms with van der Waals surface area (Å²) in [5.74, 6) is 2.12. The monoisotopic (exact) mass is 291 g/mol. The summed E-state index contributed by atoms with van der Waals surface area (Å²) in [5, 5.41) is 3.35. The molecule has 1 N–H and O–H groups in total. The van der Waals surface area contributed by atoms with E-state index in [0.717, 1.165) is 36.6 Å². The highest BCUT2D eigenvalue weighted by molar-refractivity contribution is 5.29. The summed E-state index contributed by atoms with van der Waals surface area (Å²) in [4.78, 5) is 0. The number of nitrogens with one attached hydrogen (secondary N) is 1. The first-order valence-corrected chi connectivity index (χ1v) is 7.28. The molecule has 21 heavy (non-hydrogen) atoms. The van der Waals surface area contributed by atoms with Crippen molar-refractivity contribution in [3.05, 3.63) is 52.7 Å². The molecule has 2 rings (SSSR count). The van der Waals surface area contributed by atoms with Crippen molar-refractivity contribution in [2.24, 2.45) is 0 Å². The smallest absolute Gasteiger partial charge is 0.146 e. The van der Waals surface area contributed by atoms with Crippen molar-refractivity contribution in [2.45, 2.75) is 40.3 Å². The van der Waals surface area contributed by atoms with Gasteiger partial charge in [-0.15, -0.1) is 0 Å². The lowest BCUT2D eigenvalue weighted by atomic mass is 10.2. The Balaban J connectivity index is 1.93. The van der Waals surface area contributed by atoms with Gasteiger partial charge in [-0.25, -0.2) is 4.39 Å². The van der Waals surface area contributed by atoms with Crippen LogP contribution in [-0.2, 0) is 13.2 Å². The van der Waals surface area contributed by atoms with Crippen LogP contribution in [-0.4, -0.2) is 6.54 Å². The van der Waals surface area contributed by atoms with Gasteiger partial charge in [0.2, 0.25) is 0 Å². The van der Waals surface area contributed by atoms with Crippen LogP contribution in [0.4, 0.5) is 4.39 Å². The van der Waals surface area contributed by atoms with Gasteiger partial charge in [-0.2, -0.15) is 0 Å². The fourth-order valence-electron chi connectivity index (χ4n) is 2.10. The number of rotatable bonds is 7. The molecule has 0 aliphatic rings. The lowest BCUT2D eigenvalue weighted by molar-refractivity contribution is 0.267. The maximum atomic E-state index is 13.2. The molecule has 0 aliphatic carbocycles. The van der Waals surface area contributed by atoms with Gasteiger partial charge in [0.1, 0.15) is 29.7 Å². The Hall–Kier alpha value is -1.81. The Bertz CT molecular complexity index is 592. The third-order valence-corrected chi connectivity index (χ3v) is 3.32. The Morgan fingerprint density at radius 2 is 2.05 bits per heavy atom. The van der Waals surface area contributed by atoms with Crippen molar-refractivity contribution in [1.29, 1.82) is 0 Å². The van der Waals surface area contributed by atoms with Gasteiger partial charge in [-0.1, -0.05) is 6.92 Å². The van der Waals surface area contributed by atoms with Gasteiger partial charge >= 0.3 is 0 Å². The zero-order chi connectivity index (χ0) is 15.2. The summed E-state index contributed by atoms with van der Waals surface area (Å²) in [6.45, 7) is 7.95. The summed E-state index contributed by atoms with van der Waals surface area (Å²) in [7, 11) is 0. The van der Waals surface area contributed by atoms with Crippen LogP contribution in [0.5, 0.6) is 5.75 Å². The molecule has 1 heterocycles. The van der Waals surface area contributed by atoms with Crippen LogP contribution in [0.1, 0.15) is 36.0 Å². The van der Waals surface area contributed by atoms with E-state index >= 15 is 0 Å². The Morgan fingerprint density at radius 3 is 2.76 bits per heavy atom. The zero-order valence-corrected chi connectivity index (χ0v) is 12.8. The second-order valence-electron chi connectivity index (χ2n) is 5.17. The quantitative estimate of drug-likeness (QED) is 0.779. The molecule has 0 atom stereocenters. The van der Waals surface area contributed by atoms with Crippen LogP contribution in [0.25, 0.3) is 0 Å². The molecule has 0 fully saturated rings. The van der Waals surface area contributed by atoms with Gasteiger partial charge in [0.25, 0.3) is 0 Å². The average molecular weight is 291 g/mol. The molecule has 0 spiro atoms. The van der Waals surface area contributed by atoms with E-state index in [1.807, 2.05) is 13.0 Å². The van der Waals surface area contributed by atoms with Gasteiger partial charge in [0.05, 0.1) is 0 Å². The molecule has 2 aromatic rings. The first kappa shape index (κ1) is 15.6. The number of hydrogen-bond acceptors (Lipinski definition) is 3. The van der Waals surface area contributed by atoms with E-state index in [1.54, 1.807) is 19.1 Å². The van der Waals surface area contributed by atoms with E-state index in [0.29, 0.717) is 17.9 Å². The van der Waals surface area contributed by atoms with Gasteiger partial charge in [0, 0.05) is 12.1 Å². The first-order chi connectivity index (χ1) is 10.1. The van der Waals surface area contributed by atoms with Gasteiger partial charge in [-0.05, 0) is 56.6 Å². The number of halogens is 1. The predicted molar refractivity (Wildman–Crippen MR) is 80.9 cm³/mol. The van der Waals surface area contributed by atoms with Crippen LogP contribution in [0.3, 0.4) is 0 Å². The lowest BCUT2D eigenvalue weighted by Crippen LogP contribution is -2.13. The Labute approximate surface area is 125 Å². The minimum Gasteiger partial charge on any atom is -0.486 e. The fourth-order valence-corrected chi connectivity index (χ4v) is 2.10. The maximum absolute atomic E-state index is 13.2. The van der Waals surface area contributed by atoms with Crippen LogP contribution >= 0.6 is 0 Å². The second-order valence-corrected chi connectivity index (χ2v) is 5.17. The molecule has 1 aromatic carbocycles. The number of hydrogen-bond donors (Lipinski definition) is 1. The molecule has 4 heteroatoms. The lowest BCUT2D eigenvalue weighted by Gasteiger charge is -2.05. The van der Waals surface area contributed by atoms with Crippen LogP contribution in [0, 0.1) is 19.7 Å². The molecular formula is C17H22FNO2. The largest absolute Gasteiger partial charge is 0.486 e. The first-order valence-electron chi connectivity index (χ1n) is 7.28. The molecule has 0 bridgehead atoms. The standard InChI is InChI=1S/C17H22FNO2/c1-4-7-19-10-14-9-16(21-13(14)3)11-20-15-5-6-17(18)12(2)8-15/h5-6,8-9,19H,4,7,10-11H2,1-3H3. The summed E-state index contributed by atoms with van der Waals surface area (Å²) in [6.07, 6.45) is 1.11. The minimum absolute atomic E-state index is 0.222. The predicted octanol–water partition coefficient (Wildman–Crippen LogP) is 4.11. The minimum atomic E-state index is -0.222. The third-order valence-electron chi connectivity index (χ3n) is 3.32. The van der Waals surface area contributed by atoms with E-state index in [9.17, 15) is 4.39 Å². The normalized spacial score (nSPS) is 10.9. The summed E-state index contributed by atoms with van der Waals surface area (Å²) in [5.41, 5.74) is 1.73. The SMILES string of the molecule is CCCNCc1cc(COc2ccc(F)c(C)c2)oc1C. The molecule has 0 radical (unpaired) electrons. The number of furan rings is 1. The Morgan fingerprint density at radius 1 is 1.24 bits per heavy atom. The molecule has 0 saturated carbocycles. The van der Waals surface area contributed by atoms with E-state index in [1.165, 1.54) is 6.07 Å². The van der Waals surface area contributed by atoms with Crippen LogP contribution in [0.15, 0.2) is 28.7 Å². The number of benzene rings is 1. The van der Waals surface area contributed by atoms with Crippen molar-refractivity contribution < 1.29 is 13.5 Å². The van der Waals surface area contributed by atoms with Crippen molar-refractivity contribution >= 4 is 0 Å². The van der Waals surface area contributed by atoms with Crippen LogP contribution in [0.2, 0.25) is 0 Å². The molecule has 0 unspecified atom stereocenters. The van der Waals surface area contributed by atoms with Crippen LogP contribution < -0.4 is 10.1 Å². The average Bonchev–Trinajstić information content (AvgIpc) is 2.81. The molecule has 0 amide bonds. The summed E-state index contributed by atoms with van der Waals surface area (Å²) >= 11 is 0. The van der Waals surface area contributed by atoms with E-state index < -0.39 is 0 Å². The second kappa shape index (κ2) is 7.27. The fraction of sp³-hybridized carbons (Fsp3) is 0.412. The highest BCUT2D eigenvalue weighted by Crippen LogP contribution is 2.19. The summed E-state index contributed by atoms with van der Waals surface area (Å²) in [6, 6.07) is 6.74. The zero-order valence-electron chi connectivity index (χ0n) is 12.8. The molecular weight excluding hydrogens is 269 g/mol.